The number of nitrogens with one attached hydrogen (secondary N) is 1. The van der Waals surface area contributed by atoms with Crippen molar-refractivity contribution in [1.82, 2.24) is 9.97 Å². The summed E-state index contributed by atoms with van der Waals surface area (Å²) in [4.78, 5) is 7.28. The molecule has 1 aromatic rings. The molecule has 0 amide bonds. The molecule has 1 heterocycles. The van der Waals surface area contributed by atoms with E-state index in [4.69, 9.17) is 5.11 Å². The number of imidazole rings is 1. The predicted octanol–water partition coefficient (Wildman–Crippen LogP) is 2.41. The van der Waals surface area contributed by atoms with Crippen LogP contribution in [0.2, 0.25) is 0 Å². The molecule has 2 N–H and O–H groups in total. The van der Waals surface area contributed by atoms with Gasteiger partial charge < -0.3 is 10.1 Å². The summed E-state index contributed by atoms with van der Waals surface area (Å²) < 4.78 is 0. The van der Waals surface area contributed by atoms with E-state index < -0.39 is 0 Å². The third-order valence-electron chi connectivity index (χ3n) is 2.37. The normalized spacial score (nSPS) is 10.7. The topological polar surface area (TPSA) is 48.9 Å². The number of aliphatic hydroxyl groups is 1. The third kappa shape index (κ3) is 3.92. The van der Waals surface area contributed by atoms with Crippen LogP contribution in [0.1, 0.15) is 50.5 Å². The molecule has 0 saturated heterocycles. The maximum atomic E-state index is 8.82. The minimum atomic E-state index is 0.0584. The summed E-state index contributed by atoms with van der Waals surface area (Å²) in [6.45, 7) is 2.28. The number of rotatable bonds is 7. The van der Waals surface area contributed by atoms with Crippen LogP contribution >= 0.6 is 0 Å². The zero-order chi connectivity index (χ0) is 10.2. The van der Waals surface area contributed by atoms with Gasteiger partial charge in [-0.2, -0.15) is 0 Å². The van der Waals surface area contributed by atoms with Crippen molar-refractivity contribution in [3.8, 4) is 0 Å². The summed E-state index contributed by atoms with van der Waals surface area (Å²) in [5.41, 5.74) is 0.813. The van der Waals surface area contributed by atoms with Gasteiger partial charge in [0, 0.05) is 6.42 Å². The molecule has 0 spiro atoms. The van der Waals surface area contributed by atoms with Crippen LogP contribution in [0.15, 0.2) is 6.20 Å². The Balaban J connectivity index is 2.12. The van der Waals surface area contributed by atoms with Gasteiger partial charge in [0.1, 0.15) is 5.82 Å². The molecule has 0 aliphatic heterocycles. The molecule has 1 rings (SSSR count). The van der Waals surface area contributed by atoms with E-state index in [1.165, 1.54) is 32.1 Å². The molecule has 3 nitrogen and oxygen atoms in total. The highest BCUT2D eigenvalue weighted by atomic mass is 16.3. The second kappa shape index (κ2) is 6.60. The summed E-state index contributed by atoms with van der Waals surface area (Å²) in [6.07, 6.45) is 9.13. The molecule has 0 unspecified atom stereocenters. The third-order valence-corrected chi connectivity index (χ3v) is 2.37. The van der Waals surface area contributed by atoms with E-state index in [0.29, 0.717) is 0 Å². The average Bonchev–Trinajstić information content (AvgIpc) is 2.65. The van der Waals surface area contributed by atoms with Crippen molar-refractivity contribution in [3.05, 3.63) is 17.7 Å². The highest BCUT2D eigenvalue weighted by Crippen LogP contribution is 2.06. The lowest BCUT2D eigenvalue weighted by molar-refractivity contribution is 0.277. The maximum absolute atomic E-state index is 8.82. The smallest absolute Gasteiger partial charge is 0.106 e. The van der Waals surface area contributed by atoms with E-state index in [-0.39, 0.29) is 6.61 Å². The van der Waals surface area contributed by atoms with Gasteiger partial charge >= 0.3 is 0 Å². The lowest BCUT2D eigenvalue weighted by Crippen LogP contribution is -1.89. The lowest BCUT2D eigenvalue weighted by Gasteiger charge is -1.97. The van der Waals surface area contributed by atoms with Crippen LogP contribution in [-0.4, -0.2) is 15.1 Å². The number of aromatic amines is 1. The fraction of sp³-hybridized carbons (Fsp3) is 0.727. The SMILES string of the molecule is CCCCCCCc1ncc(CO)[nH]1. The van der Waals surface area contributed by atoms with E-state index >= 15 is 0 Å². The first-order chi connectivity index (χ1) is 6.86. The largest absolute Gasteiger partial charge is 0.390 e. The van der Waals surface area contributed by atoms with Crippen LogP contribution < -0.4 is 0 Å². The van der Waals surface area contributed by atoms with Crippen LogP contribution in [-0.2, 0) is 13.0 Å². The minimum absolute atomic E-state index is 0.0584. The van der Waals surface area contributed by atoms with E-state index in [0.717, 1.165) is 17.9 Å². The zero-order valence-electron chi connectivity index (χ0n) is 8.92. The first-order valence-corrected chi connectivity index (χ1v) is 5.50. The van der Waals surface area contributed by atoms with Gasteiger partial charge in [-0.15, -0.1) is 0 Å². The van der Waals surface area contributed by atoms with Crippen molar-refractivity contribution >= 4 is 0 Å². The quantitative estimate of drug-likeness (QED) is 0.658. The van der Waals surface area contributed by atoms with Gasteiger partial charge in [-0.1, -0.05) is 32.6 Å². The number of H-pyrrole nitrogens is 1. The van der Waals surface area contributed by atoms with Gasteiger partial charge in [0.25, 0.3) is 0 Å². The van der Waals surface area contributed by atoms with Crippen molar-refractivity contribution in [2.75, 3.05) is 0 Å². The molecule has 0 fully saturated rings. The van der Waals surface area contributed by atoms with Gasteiger partial charge in [0.2, 0.25) is 0 Å². The Morgan fingerprint density at radius 1 is 1.29 bits per heavy atom. The summed E-state index contributed by atoms with van der Waals surface area (Å²) in [6, 6.07) is 0. The van der Waals surface area contributed by atoms with Gasteiger partial charge in [0.05, 0.1) is 18.5 Å². The Bertz CT molecular complexity index is 245. The molecule has 80 valence electrons. The number of aryl methyl sites for hydroxylation is 1. The minimum Gasteiger partial charge on any atom is -0.390 e. The van der Waals surface area contributed by atoms with Crippen LogP contribution in [0, 0.1) is 0 Å². The summed E-state index contributed by atoms with van der Waals surface area (Å²) in [5.74, 6) is 1.01. The zero-order valence-corrected chi connectivity index (χ0v) is 8.92. The van der Waals surface area contributed by atoms with Gasteiger partial charge in [0.15, 0.2) is 0 Å². The highest BCUT2D eigenvalue weighted by Gasteiger charge is 1.98. The van der Waals surface area contributed by atoms with Crippen molar-refractivity contribution in [2.45, 2.75) is 52.1 Å². The number of hydrogen-bond donors (Lipinski definition) is 2. The molecule has 1 aromatic heterocycles. The molecule has 0 aromatic carbocycles. The Morgan fingerprint density at radius 2 is 2.07 bits per heavy atom. The van der Waals surface area contributed by atoms with E-state index in [9.17, 15) is 0 Å². The van der Waals surface area contributed by atoms with Gasteiger partial charge in [-0.3, -0.25) is 0 Å². The number of unbranched alkanes of at least 4 members (excludes halogenated alkanes) is 4. The van der Waals surface area contributed by atoms with Crippen molar-refractivity contribution in [2.24, 2.45) is 0 Å². The van der Waals surface area contributed by atoms with Crippen LogP contribution in [0.3, 0.4) is 0 Å². The van der Waals surface area contributed by atoms with Gasteiger partial charge in [-0.05, 0) is 6.42 Å². The first kappa shape index (κ1) is 11.2. The van der Waals surface area contributed by atoms with Crippen LogP contribution in [0.25, 0.3) is 0 Å². The molecule has 0 atom stereocenters. The molecule has 0 aliphatic carbocycles. The molecular formula is C11H20N2O. The fourth-order valence-corrected chi connectivity index (χ4v) is 1.51. The number of aromatic nitrogens is 2. The van der Waals surface area contributed by atoms with Crippen molar-refractivity contribution in [3.63, 3.8) is 0 Å². The van der Waals surface area contributed by atoms with Crippen LogP contribution in [0.4, 0.5) is 0 Å². The average molecular weight is 196 g/mol. The standard InChI is InChI=1S/C11H20N2O/c1-2-3-4-5-6-7-11-12-8-10(9-14)13-11/h8,14H,2-7,9H2,1H3,(H,12,13). The molecule has 0 aliphatic rings. The first-order valence-electron chi connectivity index (χ1n) is 5.50. The number of aliphatic hydroxyl groups excluding tert-OH is 1. The van der Waals surface area contributed by atoms with Crippen molar-refractivity contribution in [1.29, 1.82) is 0 Å². The number of nitrogens with zero attached hydrogens (tertiary/aromatic N) is 1. The Hall–Kier alpha value is -0.830. The maximum Gasteiger partial charge on any atom is 0.106 e. The van der Waals surface area contributed by atoms with Crippen molar-refractivity contribution < 1.29 is 5.11 Å². The molecular weight excluding hydrogens is 176 g/mol. The monoisotopic (exact) mass is 196 g/mol. The molecule has 3 heteroatoms. The molecule has 14 heavy (non-hydrogen) atoms. The second-order valence-electron chi connectivity index (χ2n) is 3.68. The number of hydrogen-bond acceptors (Lipinski definition) is 2. The Kier molecular flexibility index (Phi) is 5.30. The Labute approximate surface area is 85.6 Å². The molecule has 0 bridgehead atoms. The molecule has 0 radical (unpaired) electrons. The molecule has 0 saturated carbocycles. The van der Waals surface area contributed by atoms with Gasteiger partial charge in [-0.25, -0.2) is 4.98 Å². The van der Waals surface area contributed by atoms with Crippen LogP contribution in [0.5, 0.6) is 0 Å². The summed E-state index contributed by atoms with van der Waals surface area (Å²) >= 11 is 0. The fourth-order valence-electron chi connectivity index (χ4n) is 1.51. The van der Waals surface area contributed by atoms with E-state index in [1.807, 2.05) is 0 Å². The highest BCUT2D eigenvalue weighted by molar-refractivity contribution is 4.99. The second-order valence-corrected chi connectivity index (χ2v) is 3.68. The summed E-state index contributed by atoms with van der Waals surface area (Å²) in [7, 11) is 0. The van der Waals surface area contributed by atoms with E-state index in [1.54, 1.807) is 6.20 Å². The predicted molar refractivity (Wildman–Crippen MR) is 57.0 cm³/mol. The Morgan fingerprint density at radius 3 is 2.71 bits per heavy atom. The van der Waals surface area contributed by atoms with E-state index in [2.05, 4.69) is 16.9 Å². The lowest BCUT2D eigenvalue weighted by atomic mass is 10.1. The summed E-state index contributed by atoms with van der Waals surface area (Å²) in [5, 5.41) is 8.82.